The average Bonchev–Trinajstić information content (AvgIpc) is 3.09. The van der Waals surface area contributed by atoms with Crippen molar-refractivity contribution in [3.63, 3.8) is 0 Å². The summed E-state index contributed by atoms with van der Waals surface area (Å²) in [5.74, 6) is -12.0. The van der Waals surface area contributed by atoms with Crippen LogP contribution in [0, 0.1) is 29.1 Å². The first-order chi connectivity index (χ1) is 17.2. The van der Waals surface area contributed by atoms with Gasteiger partial charge in [0.25, 0.3) is 0 Å². The number of ether oxygens (including phenoxy) is 1. The Morgan fingerprint density at radius 2 is 1.58 bits per heavy atom. The first-order valence-corrected chi connectivity index (χ1v) is 11.4. The van der Waals surface area contributed by atoms with Gasteiger partial charge in [0.05, 0.1) is 0 Å². The summed E-state index contributed by atoms with van der Waals surface area (Å²) >= 11 is 0. The molecular weight excluding hydrogens is 483 g/mol. The van der Waals surface area contributed by atoms with Gasteiger partial charge < -0.3 is 19.9 Å². The van der Waals surface area contributed by atoms with Crippen LogP contribution in [0.15, 0.2) is 24.3 Å². The maximum Gasteiger partial charge on any atom is 0.328 e. The van der Waals surface area contributed by atoms with E-state index >= 15 is 0 Å². The second kappa shape index (κ2) is 11.0. The Bertz CT molecular complexity index is 1210. The van der Waals surface area contributed by atoms with E-state index in [1.54, 1.807) is 0 Å². The van der Waals surface area contributed by atoms with E-state index in [9.17, 15) is 22.0 Å². The lowest BCUT2D eigenvalue weighted by Gasteiger charge is -2.22. The average molecular weight is 508 g/mol. The third-order valence-electron chi connectivity index (χ3n) is 5.67. The molecule has 0 fully saturated rings. The highest BCUT2D eigenvalue weighted by atomic mass is 19.2. The number of hydrogen-bond acceptors (Lipinski definition) is 7. The van der Waals surface area contributed by atoms with Crippen LogP contribution in [0.25, 0.3) is 0 Å². The third-order valence-corrected chi connectivity index (χ3v) is 5.67. The predicted octanol–water partition coefficient (Wildman–Crippen LogP) is 4.68. The molecule has 3 aromatic rings. The molecule has 0 saturated carbocycles. The number of hydrogen-bond donors (Lipinski definition) is 1. The number of benzene rings is 2. The zero-order chi connectivity index (χ0) is 25.8. The van der Waals surface area contributed by atoms with Crippen LogP contribution in [0.2, 0.25) is 0 Å². The van der Waals surface area contributed by atoms with Gasteiger partial charge >= 0.3 is 6.01 Å². The molecule has 0 spiro atoms. The minimum absolute atomic E-state index is 0.0511. The minimum atomic E-state index is -2.28. The molecule has 1 aliphatic heterocycles. The molecule has 0 atom stereocenters. The van der Waals surface area contributed by atoms with Gasteiger partial charge in [0, 0.05) is 19.6 Å². The van der Waals surface area contributed by atoms with E-state index in [1.165, 1.54) is 5.56 Å². The summed E-state index contributed by atoms with van der Waals surface area (Å²) in [6.07, 6.45) is 2.38. The number of halogens is 5. The van der Waals surface area contributed by atoms with Gasteiger partial charge in [0.1, 0.15) is 0 Å². The van der Waals surface area contributed by atoms with Crippen molar-refractivity contribution in [2.45, 2.75) is 25.8 Å². The number of nitrogens with zero attached hydrogens (tertiary/aromatic N) is 5. The van der Waals surface area contributed by atoms with Crippen LogP contribution in [-0.4, -0.2) is 53.6 Å². The number of aryl methyl sites for hydroxylation is 1. The highest BCUT2D eigenvalue weighted by molar-refractivity contribution is 5.43. The van der Waals surface area contributed by atoms with E-state index in [0.717, 1.165) is 31.4 Å². The molecule has 36 heavy (non-hydrogen) atoms. The molecule has 2 heterocycles. The van der Waals surface area contributed by atoms with Crippen molar-refractivity contribution in [1.82, 2.24) is 19.9 Å². The van der Waals surface area contributed by atoms with Crippen molar-refractivity contribution in [2.24, 2.45) is 0 Å². The number of aromatic nitrogens is 3. The van der Waals surface area contributed by atoms with Gasteiger partial charge in [-0.05, 0) is 51.0 Å². The fourth-order valence-corrected chi connectivity index (χ4v) is 3.84. The molecule has 0 amide bonds. The Morgan fingerprint density at radius 1 is 0.917 bits per heavy atom. The molecule has 4 rings (SSSR count). The minimum Gasteiger partial charge on any atom is -0.418 e. The third kappa shape index (κ3) is 5.64. The first-order valence-electron chi connectivity index (χ1n) is 11.4. The van der Waals surface area contributed by atoms with Gasteiger partial charge in [-0.15, -0.1) is 0 Å². The zero-order valence-electron chi connectivity index (χ0n) is 19.8. The van der Waals surface area contributed by atoms with Crippen LogP contribution < -0.4 is 15.0 Å². The number of rotatable bonds is 8. The van der Waals surface area contributed by atoms with Crippen molar-refractivity contribution in [3.8, 4) is 11.8 Å². The van der Waals surface area contributed by atoms with Crippen molar-refractivity contribution in [2.75, 3.05) is 43.9 Å². The molecule has 0 radical (unpaired) electrons. The van der Waals surface area contributed by atoms with E-state index in [0.29, 0.717) is 19.6 Å². The predicted molar refractivity (Wildman–Crippen MR) is 124 cm³/mol. The van der Waals surface area contributed by atoms with Gasteiger partial charge in [-0.1, -0.05) is 24.3 Å². The summed E-state index contributed by atoms with van der Waals surface area (Å²) in [6, 6.07) is 7.31. The standard InChI is InChI=1S/C24H25F5N6O/c1-34(2)11-6-10-30-22-31-23(35-12-5-9-14-7-3-4-8-15(14)13-35)33-24(32-22)36-21-19(28)17(26)16(25)18(27)20(21)29/h3-4,7-8H,5-6,9-13H2,1-2H3,(H,30,31,32,33). The quantitative estimate of drug-likeness (QED) is 0.205. The maximum absolute atomic E-state index is 14.2. The second-order valence-electron chi connectivity index (χ2n) is 8.62. The molecule has 7 nitrogen and oxygen atoms in total. The Hall–Kier alpha value is -3.54. The Labute approximate surface area is 204 Å². The summed E-state index contributed by atoms with van der Waals surface area (Å²) in [4.78, 5) is 16.4. The lowest BCUT2D eigenvalue weighted by atomic mass is 10.0. The molecule has 1 aliphatic rings. The first kappa shape index (κ1) is 25.5. The second-order valence-corrected chi connectivity index (χ2v) is 8.62. The Kier molecular flexibility index (Phi) is 7.82. The molecule has 0 bridgehead atoms. The summed E-state index contributed by atoms with van der Waals surface area (Å²) in [7, 11) is 3.85. The van der Waals surface area contributed by atoms with Gasteiger partial charge in [-0.2, -0.15) is 23.7 Å². The number of anilines is 2. The summed E-state index contributed by atoms with van der Waals surface area (Å²) in [5.41, 5.74) is 2.26. The highest BCUT2D eigenvalue weighted by Gasteiger charge is 2.29. The lowest BCUT2D eigenvalue weighted by Crippen LogP contribution is -2.26. The molecule has 1 aromatic heterocycles. The lowest BCUT2D eigenvalue weighted by molar-refractivity contribution is 0.322. The molecule has 12 heteroatoms. The summed E-state index contributed by atoms with van der Waals surface area (Å²) in [5, 5.41) is 3.01. The number of nitrogens with one attached hydrogen (secondary N) is 1. The highest BCUT2D eigenvalue weighted by Crippen LogP contribution is 2.32. The largest absolute Gasteiger partial charge is 0.418 e. The van der Waals surface area contributed by atoms with Crippen molar-refractivity contribution < 1.29 is 26.7 Å². The van der Waals surface area contributed by atoms with Crippen LogP contribution in [0.5, 0.6) is 11.8 Å². The Balaban J connectivity index is 1.68. The normalized spacial score (nSPS) is 13.5. The Morgan fingerprint density at radius 3 is 2.28 bits per heavy atom. The SMILES string of the molecule is CN(C)CCCNc1nc(Oc2c(F)c(F)c(F)c(F)c2F)nc(N2CCCc3ccccc3C2)n1. The molecular formula is C24H25F5N6O. The molecule has 192 valence electrons. The van der Waals surface area contributed by atoms with Crippen LogP contribution in [0.3, 0.4) is 0 Å². The van der Waals surface area contributed by atoms with Crippen molar-refractivity contribution >= 4 is 11.9 Å². The molecule has 0 saturated heterocycles. The van der Waals surface area contributed by atoms with Crippen molar-refractivity contribution in [1.29, 1.82) is 0 Å². The van der Waals surface area contributed by atoms with E-state index in [4.69, 9.17) is 4.74 Å². The molecule has 0 unspecified atom stereocenters. The maximum atomic E-state index is 14.2. The molecule has 2 aromatic carbocycles. The van der Waals surface area contributed by atoms with E-state index < -0.39 is 40.8 Å². The van der Waals surface area contributed by atoms with Gasteiger partial charge in [0.15, 0.2) is 0 Å². The van der Waals surface area contributed by atoms with E-state index in [2.05, 4.69) is 20.3 Å². The topological polar surface area (TPSA) is 66.4 Å². The smallest absolute Gasteiger partial charge is 0.328 e. The summed E-state index contributed by atoms with van der Waals surface area (Å²) < 4.78 is 74.4. The van der Waals surface area contributed by atoms with Gasteiger partial charge in [0.2, 0.25) is 46.7 Å². The molecule has 0 aliphatic carbocycles. The van der Waals surface area contributed by atoms with Crippen LogP contribution in [0.1, 0.15) is 24.0 Å². The fourth-order valence-electron chi connectivity index (χ4n) is 3.84. The summed E-state index contributed by atoms with van der Waals surface area (Å²) in [6.45, 7) is 2.27. The monoisotopic (exact) mass is 508 g/mol. The zero-order valence-corrected chi connectivity index (χ0v) is 19.8. The van der Waals surface area contributed by atoms with Crippen LogP contribution in [-0.2, 0) is 13.0 Å². The fraction of sp³-hybridized carbons (Fsp3) is 0.375. The van der Waals surface area contributed by atoms with Crippen molar-refractivity contribution in [3.05, 3.63) is 64.5 Å². The van der Waals surface area contributed by atoms with E-state index in [-0.39, 0.29) is 11.9 Å². The van der Waals surface area contributed by atoms with Crippen LogP contribution in [0.4, 0.5) is 33.8 Å². The van der Waals surface area contributed by atoms with Gasteiger partial charge in [-0.3, -0.25) is 0 Å². The van der Waals surface area contributed by atoms with E-state index in [1.807, 2.05) is 48.2 Å². The molecule has 1 N–H and O–H groups in total. The van der Waals surface area contributed by atoms with Gasteiger partial charge in [-0.25, -0.2) is 13.2 Å². The van der Waals surface area contributed by atoms with Crippen LogP contribution >= 0.6 is 0 Å². The number of fused-ring (bicyclic) bond motifs is 1.